The Morgan fingerprint density at radius 3 is 2.81 bits per heavy atom. The van der Waals surface area contributed by atoms with Crippen molar-refractivity contribution < 1.29 is 5.11 Å². The first-order valence-corrected chi connectivity index (χ1v) is 7.52. The molecule has 3 nitrogen and oxygen atoms in total. The lowest BCUT2D eigenvalue weighted by Crippen LogP contribution is -1.80. The van der Waals surface area contributed by atoms with Gasteiger partial charge >= 0.3 is 0 Å². The molecular weight excluding hydrogens is 352 g/mol. The van der Waals surface area contributed by atoms with Gasteiger partial charge in [-0.2, -0.15) is 0 Å². The Morgan fingerprint density at radius 2 is 2.05 bits per heavy atom. The van der Waals surface area contributed by atoms with E-state index in [0.29, 0.717) is 10.6 Å². The van der Waals surface area contributed by atoms with Crippen molar-refractivity contribution in [1.29, 1.82) is 0 Å². The van der Waals surface area contributed by atoms with Gasteiger partial charge in [0.25, 0.3) is 0 Å². The Morgan fingerprint density at radius 1 is 1.24 bits per heavy atom. The van der Waals surface area contributed by atoms with E-state index in [4.69, 9.17) is 11.6 Å². The minimum atomic E-state index is 0.0854. The Hall–Kier alpha value is -1.78. The molecule has 106 valence electrons. The van der Waals surface area contributed by atoms with Crippen molar-refractivity contribution in [2.24, 2.45) is 4.99 Å². The lowest BCUT2D eigenvalue weighted by Gasteiger charge is -1.99. The molecule has 0 fully saturated rings. The largest absolute Gasteiger partial charge is 0.494 e. The fraction of sp³-hybridized carbons (Fsp3) is 0.0625. The summed E-state index contributed by atoms with van der Waals surface area (Å²) in [6.07, 6.45) is 1.64. The molecule has 1 aromatic heterocycles. The van der Waals surface area contributed by atoms with Gasteiger partial charge in [0.2, 0.25) is 0 Å². The molecule has 0 aliphatic heterocycles. The van der Waals surface area contributed by atoms with Gasteiger partial charge < -0.3 is 10.1 Å². The number of aromatic amines is 1. The van der Waals surface area contributed by atoms with E-state index in [0.717, 1.165) is 26.6 Å². The van der Waals surface area contributed by atoms with Gasteiger partial charge in [0.05, 0.1) is 11.3 Å². The third-order valence-electron chi connectivity index (χ3n) is 3.28. The summed E-state index contributed by atoms with van der Waals surface area (Å²) in [6.45, 7) is 2.02. The van der Waals surface area contributed by atoms with Crippen LogP contribution in [0.5, 0.6) is 5.88 Å². The number of halogens is 2. The summed E-state index contributed by atoms with van der Waals surface area (Å²) in [7, 11) is 0. The molecule has 3 rings (SSSR count). The highest BCUT2D eigenvalue weighted by Gasteiger charge is 2.09. The maximum atomic E-state index is 10.0. The zero-order valence-corrected chi connectivity index (χ0v) is 13.5. The average Bonchev–Trinajstić information content (AvgIpc) is 2.75. The van der Waals surface area contributed by atoms with E-state index < -0.39 is 0 Å². The summed E-state index contributed by atoms with van der Waals surface area (Å²) in [5.41, 5.74) is 3.41. The van der Waals surface area contributed by atoms with Crippen LogP contribution in [0.25, 0.3) is 10.9 Å². The lowest BCUT2D eigenvalue weighted by molar-refractivity contribution is 0.457. The van der Waals surface area contributed by atoms with Gasteiger partial charge in [-0.3, -0.25) is 4.99 Å². The minimum absolute atomic E-state index is 0.0854. The van der Waals surface area contributed by atoms with E-state index in [1.165, 1.54) is 0 Å². The minimum Gasteiger partial charge on any atom is -0.494 e. The highest BCUT2D eigenvalue weighted by Crippen LogP contribution is 2.29. The van der Waals surface area contributed by atoms with Crippen LogP contribution in [0.1, 0.15) is 11.1 Å². The number of hydrogen-bond donors (Lipinski definition) is 2. The number of benzene rings is 2. The number of nitrogens with zero attached hydrogens (tertiary/aromatic N) is 1. The maximum absolute atomic E-state index is 10.0. The second-order valence-electron chi connectivity index (χ2n) is 4.77. The van der Waals surface area contributed by atoms with Crippen LogP contribution in [0.15, 0.2) is 45.9 Å². The number of rotatable bonds is 2. The van der Waals surface area contributed by atoms with Crippen LogP contribution in [0.3, 0.4) is 0 Å². The first kappa shape index (κ1) is 14.2. The van der Waals surface area contributed by atoms with Crippen molar-refractivity contribution in [2.75, 3.05) is 0 Å². The van der Waals surface area contributed by atoms with Crippen molar-refractivity contribution in [1.82, 2.24) is 4.98 Å². The fourth-order valence-electron chi connectivity index (χ4n) is 2.10. The lowest BCUT2D eigenvalue weighted by atomic mass is 10.2. The number of hydrogen-bond acceptors (Lipinski definition) is 2. The summed E-state index contributed by atoms with van der Waals surface area (Å²) in [5.74, 6) is 0.0854. The molecular formula is C16H12BrClN2O. The van der Waals surface area contributed by atoms with Crippen molar-refractivity contribution in [3.63, 3.8) is 0 Å². The molecule has 0 aliphatic carbocycles. The number of H-pyrrole nitrogens is 1. The SMILES string of the molecule is Cc1ccc(N=Cc2c(O)[nH]c3ccc(Cl)cc23)cc1Br. The molecule has 0 saturated carbocycles. The molecule has 0 aliphatic rings. The fourth-order valence-corrected chi connectivity index (χ4v) is 2.64. The first-order valence-electron chi connectivity index (χ1n) is 6.35. The van der Waals surface area contributed by atoms with Gasteiger partial charge in [-0.05, 0) is 42.8 Å². The van der Waals surface area contributed by atoms with E-state index in [2.05, 4.69) is 25.9 Å². The predicted molar refractivity (Wildman–Crippen MR) is 91.1 cm³/mol. The smallest absolute Gasteiger partial charge is 0.198 e. The number of aliphatic imine (C=N–C) groups is 1. The number of aromatic hydroxyl groups is 1. The third-order valence-corrected chi connectivity index (χ3v) is 4.37. The monoisotopic (exact) mass is 362 g/mol. The van der Waals surface area contributed by atoms with Crippen LogP contribution < -0.4 is 0 Å². The Bertz CT molecular complexity index is 855. The normalized spacial score (nSPS) is 11.6. The summed E-state index contributed by atoms with van der Waals surface area (Å²) < 4.78 is 1.00. The maximum Gasteiger partial charge on any atom is 0.198 e. The quantitative estimate of drug-likeness (QED) is 0.592. The van der Waals surface area contributed by atoms with E-state index in [1.807, 2.05) is 31.2 Å². The second kappa shape index (κ2) is 5.54. The van der Waals surface area contributed by atoms with Crippen LogP contribution in [-0.2, 0) is 0 Å². The van der Waals surface area contributed by atoms with Crippen LogP contribution in [0.2, 0.25) is 5.02 Å². The number of aromatic nitrogens is 1. The number of fused-ring (bicyclic) bond motifs is 1. The number of nitrogens with one attached hydrogen (secondary N) is 1. The van der Waals surface area contributed by atoms with E-state index in [9.17, 15) is 5.11 Å². The van der Waals surface area contributed by atoms with Crippen LogP contribution in [0.4, 0.5) is 5.69 Å². The number of aryl methyl sites for hydroxylation is 1. The standard InChI is InChI=1S/C16H12BrClN2O/c1-9-2-4-11(7-14(9)17)19-8-13-12-6-10(18)3-5-15(12)20-16(13)21/h2-8,20-21H,1H3. The zero-order chi connectivity index (χ0) is 15.0. The van der Waals surface area contributed by atoms with Crippen LogP contribution >= 0.6 is 27.5 Å². The summed E-state index contributed by atoms with van der Waals surface area (Å²) >= 11 is 9.49. The van der Waals surface area contributed by atoms with Crippen molar-refractivity contribution in [3.8, 4) is 5.88 Å². The Labute approximate surface area is 135 Å². The van der Waals surface area contributed by atoms with Gasteiger partial charge in [0.15, 0.2) is 5.88 Å². The molecule has 0 unspecified atom stereocenters. The zero-order valence-electron chi connectivity index (χ0n) is 11.2. The highest BCUT2D eigenvalue weighted by atomic mass is 79.9. The summed E-state index contributed by atoms with van der Waals surface area (Å²) in [5, 5.41) is 11.5. The van der Waals surface area contributed by atoms with E-state index in [-0.39, 0.29) is 5.88 Å². The molecule has 0 atom stereocenters. The molecule has 2 aromatic carbocycles. The molecule has 2 N–H and O–H groups in total. The van der Waals surface area contributed by atoms with Crippen LogP contribution in [0, 0.1) is 6.92 Å². The Kier molecular flexibility index (Phi) is 3.74. The molecule has 5 heteroatoms. The van der Waals surface area contributed by atoms with Crippen LogP contribution in [-0.4, -0.2) is 16.3 Å². The van der Waals surface area contributed by atoms with Gasteiger partial charge in [-0.1, -0.05) is 33.6 Å². The molecule has 21 heavy (non-hydrogen) atoms. The van der Waals surface area contributed by atoms with Gasteiger partial charge in [-0.15, -0.1) is 0 Å². The third kappa shape index (κ3) is 2.82. The van der Waals surface area contributed by atoms with Gasteiger partial charge in [-0.25, -0.2) is 0 Å². The molecule has 0 amide bonds. The van der Waals surface area contributed by atoms with Crippen molar-refractivity contribution in [3.05, 3.63) is 57.0 Å². The van der Waals surface area contributed by atoms with E-state index >= 15 is 0 Å². The molecule has 0 saturated heterocycles. The molecule has 1 heterocycles. The van der Waals surface area contributed by atoms with Gasteiger partial charge in [0, 0.05) is 26.6 Å². The molecule has 0 bridgehead atoms. The summed E-state index contributed by atoms with van der Waals surface area (Å²) in [6, 6.07) is 11.3. The first-order chi connectivity index (χ1) is 10.0. The van der Waals surface area contributed by atoms with Gasteiger partial charge in [0.1, 0.15) is 0 Å². The van der Waals surface area contributed by atoms with E-state index in [1.54, 1.807) is 18.3 Å². The summed E-state index contributed by atoms with van der Waals surface area (Å²) in [4.78, 5) is 7.32. The van der Waals surface area contributed by atoms with Crippen molar-refractivity contribution in [2.45, 2.75) is 6.92 Å². The Balaban J connectivity index is 2.04. The predicted octanol–water partition coefficient (Wildman–Crippen LogP) is 5.35. The van der Waals surface area contributed by atoms with Crippen molar-refractivity contribution >= 4 is 50.3 Å². The molecule has 0 spiro atoms. The highest BCUT2D eigenvalue weighted by molar-refractivity contribution is 9.10. The average molecular weight is 364 g/mol. The second-order valence-corrected chi connectivity index (χ2v) is 6.06. The topological polar surface area (TPSA) is 48.4 Å². The molecule has 3 aromatic rings. The molecule has 0 radical (unpaired) electrons.